The Morgan fingerprint density at radius 3 is 2.94 bits per heavy atom. The van der Waals surface area contributed by atoms with Crippen LogP contribution in [0.4, 0.5) is 4.39 Å². The zero-order valence-electron chi connectivity index (χ0n) is 9.75. The molecule has 0 bridgehead atoms. The van der Waals surface area contributed by atoms with E-state index in [9.17, 15) is 9.50 Å². The highest BCUT2D eigenvalue weighted by atomic mass is 35.5. The molecule has 0 fully saturated rings. The van der Waals surface area contributed by atoms with E-state index in [1.807, 2.05) is 0 Å². The third-order valence-corrected chi connectivity index (χ3v) is 2.57. The van der Waals surface area contributed by atoms with Crippen molar-refractivity contribution in [1.82, 2.24) is 5.32 Å². The molecule has 17 heavy (non-hydrogen) atoms. The number of nitrogens with one attached hydrogen (secondary N) is 1. The van der Waals surface area contributed by atoms with Crippen molar-refractivity contribution in [2.75, 3.05) is 26.8 Å². The zero-order chi connectivity index (χ0) is 12.7. The van der Waals surface area contributed by atoms with Crippen molar-refractivity contribution in [3.63, 3.8) is 0 Å². The molecule has 1 aromatic carbocycles. The van der Waals surface area contributed by atoms with Gasteiger partial charge in [-0.2, -0.15) is 0 Å². The van der Waals surface area contributed by atoms with Crippen LogP contribution in [-0.4, -0.2) is 38.0 Å². The van der Waals surface area contributed by atoms with Crippen molar-refractivity contribution in [3.8, 4) is 0 Å². The first-order chi connectivity index (χ1) is 8.13. The topological polar surface area (TPSA) is 41.5 Å². The molecule has 0 amide bonds. The maximum atomic E-state index is 13.4. The lowest BCUT2D eigenvalue weighted by Gasteiger charge is -2.12. The van der Waals surface area contributed by atoms with Crippen LogP contribution in [0.15, 0.2) is 18.2 Å². The highest BCUT2D eigenvalue weighted by Gasteiger charge is 2.09. The lowest BCUT2D eigenvalue weighted by atomic mass is 10.1. The molecule has 1 rings (SSSR count). The largest absolute Gasteiger partial charge is 0.391 e. The predicted octanol–water partition coefficient (Wildman–Crippen LogP) is 1.62. The summed E-state index contributed by atoms with van der Waals surface area (Å²) in [6.07, 6.45) is -0.356. The summed E-state index contributed by atoms with van der Waals surface area (Å²) in [5, 5.41) is 13.1. The van der Waals surface area contributed by atoms with Crippen molar-refractivity contribution in [3.05, 3.63) is 34.6 Å². The van der Waals surface area contributed by atoms with Crippen LogP contribution < -0.4 is 5.32 Å². The second kappa shape index (κ2) is 7.61. The van der Waals surface area contributed by atoms with Crippen LogP contribution in [0, 0.1) is 5.82 Å². The molecule has 0 aliphatic rings. The number of halogens is 2. The Morgan fingerprint density at radius 2 is 2.29 bits per heavy atom. The van der Waals surface area contributed by atoms with Gasteiger partial charge in [-0.1, -0.05) is 17.7 Å². The minimum atomic E-state index is -0.623. The van der Waals surface area contributed by atoms with Crippen LogP contribution in [0.2, 0.25) is 5.02 Å². The van der Waals surface area contributed by atoms with Crippen molar-refractivity contribution < 1.29 is 14.2 Å². The van der Waals surface area contributed by atoms with Crippen LogP contribution in [-0.2, 0) is 11.2 Å². The molecule has 0 radical (unpaired) electrons. The quantitative estimate of drug-likeness (QED) is 0.733. The van der Waals surface area contributed by atoms with Gasteiger partial charge in [-0.3, -0.25) is 0 Å². The zero-order valence-corrected chi connectivity index (χ0v) is 10.5. The van der Waals surface area contributed by atoms with Crippen LogP contribution in [0.3, 0.4) is 0 Å². The molecule has 0 aromatic heterocycles. The van der Waals surface area contributed by atoms with Crippen LogP contribution in [0.5, 0.6) is 0 Å². The van der Waals surface area contributed by atoms with Crippen LogP contribution in [0.25, 0.3) is 0 Å². The first-order valence-corrected chi connectivity index (χ1v) is 5.83. The minimum Gasteiger partial charge on any atom is -0.391 e. The van der Waals surface area contributed by atoms with Gasteiger partial charge in [0.1, 0.15) is 5.82 Å². The molecule has 1 atom stereocenters. The van der Waals surface area contributed by atoms with E-state index in [2.05, 4.69) is 5.32 Å². The van der Waals surface area contributed by atoms with Gasteiger partial charge in [0, 0.05) is 31.6 Å². The van der Waals surface area contributed by atoms with E-state index in [1.165, 1.54) is 6.07 Å². The Balaban J connectivity index is 2.37. The predicted molar refractivity (Wildman–Crippen MR) is 65.9 cm³/mol. The molecule has 0 saturated heterocycles. The van der Waals surface area contributed by atoms with Gasteiger partial charge in [-0.25, -0.2) is 4.39 Å². The Kier molecular flexibility index (Phi) is 6.44. The summed E-state index contributed by atoms with van der Waals surface area (Å²) >= 11 is 5.64. The van der Waals surface area contributed by atoms with E-state index in [0.29, 0.717) is 30.3 Å². The van der Waals surface area contributed by atoms with Gasteiger partial charge in [-0.05, 0) is 17.7 Å². The van der Waals surface area contributed by atoms with Crippen molar-refractivity contribution >= 4 is 11.6 Å². The van der Waals surface area contributed by atoms with Crippen molar-refractivity contribution in [2.45, 2.75) is 12.5 Å². The minimum absolute atomic E-state index is 0.267. The maximum Gasteiger partial charge on any atom is 0.127 e. The van der Waals surface area contributed by atoms with Gasteiger partial charge in [0.2, 0.25) is 0 Å². The number of hydrogen-bond acceptors (Lipinski definition) is 3. The average Bonchev–Trinajstić information content (AvgIpc) is 2.28. The monoisotopic (exact) mass is 261 g/mol. The molecule has 3 nitrogen and oxygen atoms in total. The molecule has 0 saturated carbocycles. The SMILES string of the molecule is COCCNCC(O)Cc1ccc(Cl)cc1F. The van der Waals surface area contributed by atoms with Crippen molar-refractivity contribution in [2.24, 2.45) is 0 Å². The fraction of sp³-hybridized carbons (Fsp3) is 0.500. The number of methoxy groups -OCH3 is 1. The third kappa shape index (κ3) is 5.46. The van der Waals surface area contributed by atoms with Gasteiger partial charge in [0.15, 0.2) is 0 Å². The summed E-state index contributed by atoms with van der Waals surface area (Å²) in [5.74, 6) is -0.381. The number of hydrogen-bond donors (Lipinski definition) is 2. The van der Waals surface area contributed by atoms with Crippen LogP contribution in [0.1, 0.15) is 5.56 Å². The molecular formula is C12H17ClFNO2. The second-order valence-corrected chi connectivity index (χ2v) is 4.23. The summed E-state index contributed by atoms with van der Waals surface area (Å²) in [7, 11) is 1.61. The van der Waals surface area contributed by atoms with Gasteiger partial charge >= 0.3 is 0 Å². The standard InChI is InChI=1S/C12H17ClFNO2/c1-17-5-4-15-8-11(16)6-9-2-3-10(13)7-12(9)14/h2-3,7,11,15-16H,4-6,8H2,1H3. The third-order valence-electron chi connectivity index (χ3n) is 2.33. The number of ether oxygens (including phenoxy) is 1. The smallest absolute Gasteiger partial charge is 0.127 e. The lowest BCUT2D eigenvalue weighted by Crippen LogP contribution is -2.30. The summed E-state index contributed by atoms with van der Waals surface area (Å²) < 4.78 is 18.3. The normalized spacial score (nSPS) is 12.7. The van der Waals surface area contributed by atoms with E-state index in [0.717, 1.165) is 0 Å². The molecule has 1 unspecified atom stereocenters. The fourth-order valence-corrected chi connectivity index (χ4v) is 1.61. The fourth-order valence-electron chi connectivity index (χ4n) is 1.46. The Labute approximate surface area is 106 Å². The molecule has 0 spiro atoms. The Morgan fingerprint density at radius 1 is 1.53 bits per heavy atom. The lowest BCUT2D eigenvalue weighted by molar-refractivity contribution is 0.159. The average molecular weight is 262 g/mol. The maximum absolute atomic E-state index is 13.4. The van der Waals surface area contributed by atoms with E-state index in [4.69, 9.17) is 16.3 Å². The molecule has 5 heteroatoms. The van der Waals surface area contributed by atoms with Gasteiger partial charge in [0.05, 0.1) is 12.7 Å². The van der Waals surface area contributed by atoms with Gasteiger partial charge in [-0.15, -0.1) is 0 Å². The van der Waals surface area contributed by atoms with E-state index in [1.54, 1.807) is 19.2 Å². The number of rotatable bonds is 7. The number of benzene rings is 1. The number of aliphatic hydroxyl groups is 1. The summed E-state index contributed by atoms with van der Waals surface area (Å²) in [6.45, 7) is 1.66. The summed E-state index contributed by atoms with van der Waals surface area (Å²) in [5.41, 5.74) is 0.468. The molecule has 1 aromatic rings. The van der Waals surface area contributed by atoms with E-state index in [-0.39, 0.29) is 12.2 Å². The first-order valence-electron chi connectivity index (χ1n) is 5.45. The summed E-state index contributed by atoms with van der Waals surface area (Å²) in [4.78, 5) is 0. The highest BCUT2D eigenvalue weighted by molar-refractivity contribution is 6.30. The van der Waals surface area contributed by atoms with Gasteiger partial charge in [0.25, 0.3) is 0 Å². The first kappa shape index (κ1) is 14.4. The van der Waals surface area contributed by atoms with Gasteiger partial charge < -0.3 is 15.2 Å². The number of aliphatic hydroxyl groups excluding tert-OH is 1. The molecular weight excluding hydrogens is 245 g/mol. The Hall–Kier alpha value is -0.680. The van der Waals surface area contributed by atoms with E-state index >= 15 is 0 Å². The van der Waals surface area contributed by atoms with E-state index < -0.39 is 6.10 Å². The summed E-state index contributed by atoms with van der Waals surface area (Å²) in [6, 6.07) is 4.46. The van der Waals surface area contributed by atoms with Crippen LogP contribution >= 0.6 is 11.6 Å². The molecule has 0 aliphatic carbocycles. The second-order valence-electron chi connectivity index (χ2n) is 3.79. The molecule has 0 aliphatic heterocycles. The van der Waals surface area contributed by atoms with Crippen molar-refractivity contribution in [1.29, 1.82) is 0 Å². The molecule has 96 valence electrons. The molecule has 2 N–H and O–H groups in total. The Bertz CT molecular complexity index is 349. The highest BCUT2D eigenvalue weighted by Crippen LogP contribution is 2.15. The molecule has 0 heterocycles.